The van der Waals surface area contributed by atoms with Gasteiger partial charge in [-0.15, -0.1) is 0 Å². The Bertz CT molecular complexity index is 1250. The molecule has 0 saturated heterocycles. The van der Waals surface area contributed by atoms with Crippen molar-refractivity contribution in [2.75, 3.05) is 28.4 Å². The van der Waals surface area contributed by atoms with Crippen molar-refractivity contribution in [3.63, 3.8) is 0 Å². The molecular weight excluding hydrogens is 482 g/mol. The molecule has 2 aromatic heterocycles. The Balaban J connectivity index is 0.000000208. The maximum atomic E-state index is 12.1. The summed E-state index contributed by atoms with van der Waals surface area (Å²) < 4.78 is 10.1. The van der Waals surface area contributed by atoms with E-state index in [4.69, 9.17) is 19.4 Å². The number of hydrogen-bond acceptors (Lipinski definition) is 9. The highest BCUT2D eigenvalue weighted by molar-refractivity contribution is 5.81. The fraction of sp³-hybridized carbons (Fsp3) is 0.250. The summed E-state index contributed by atoms with van der Waals surface area (Å²) in [5.74, 6) is -1.29. The number of carboxylic acid groups (broad SMARTS) is 1. The number of amides is 1. The zero-order chi connectivity index (χ0) is 26.8. The quantitative estimate of drug-likeness (QED) is 0.332. The van der Waals surface area contributed by atoms with Gasteiger partial charge in [-0.2, -0.15) is 30.0 Å². The summed E-state index contributed by atoms with van der Waals surface area (Å²) in [7, 11) is 5.81. The van der Waals surface area contributed by atoms with Crippen molar-refractivity contribution in [1.29, 1.82) is 0 Å². The average molecular weight is 510 g/mol. The summed E-state index contributed by atoms with van der Waals surface area (Å²) in [4.78, 5) is 30.8. The van der Waals surface area contributed by atoms with Gasteiger partial charge in [0.2, 0.25) is 0 Å². The largest absolute Gasteiger partial charge is 0.479 e. The third-order valence-electron chi connectivity index (χ3n) is 5.20. The molecule has 13 heteroatoms. The van der Waals surface area contributed by atoms with Crippen LogP contribution in [0.5, 0.6) is 0 Å². The van der Waals surface area contributed by atoms with Gasteiger partial charge in [-0.1, -0.05) is 24.3 Å². The molecule has 0 spiro atoms. The van der Waals surface area contributed by atoms with Gasteiger partial charge < -0.3 is 14.6 Å². The lowest BCUT2D eigenvalue weighted by atomic mass is 10.1. The van der Waals surface area contributed by atoms with Gasteiger partial charge in [0.1, 0.15) is 0 Å². The average Bonchev–Trinajstić information content (AvgIpc) is 3.65. The van der Waals surface area contributed by atoms with Crippen LogP contribution in [-0.4, -0.2) is 80.4 Å². The Morgan fingerprint density at radius 2 is 1.11 bits per heavy atom. The van der Waals surface area contributed by atoms with Crippen LogP contribution < -0.4 is 0 Å². The van der Waals surface area contributed by atoms with Crippen molar-refractivity contribution in [3.8, 4) is 11.4 Å². The Hall–Kier alpha value is -4.46. The molecule has 0 bridgehead atoms. The van der Waals surface area contributed by atoms with Gasteiger partial charge in [0.25, 0.3) is 5.91 Å². The van der Waals surface area contributed by atoms with Crippen molar-refractivity contribution in [2.45, 2.75) is 12.2 Å². The minimum atomic E-state index is -1.02. The summed E-state index contributed by atoms with van der Waals surface area (Å²) in [6.45, 7) is 0. The zero-order valence-electron chi connectivity index (χ0n) is 20.7. The molecule has 37 heavy (non-hydrogen) atoms. The molecular formula is C24H27N7O6. The van der Waals surface area contributed by atoms with Crippen molar-refractivity contribution in [1.82, 2.24) is 35.1 Å². The van der Waals surface area contributed by atoms with Gasteiger partial charge in [-0.25, -0.2) is 9.86 Å². The normalized spacial score (nSPS) is 12.2. The molecule has 0 aliphatic rings. The van der Waals surface area contributed by atoms with Crippen LogP contribution in [0.1, 0.15) is 23.3 Å². The summed E-state index contributed by atoms with van der Waals surface area (Å²) in [5, 5.41) is 26.1. The third-order valence-corrected chi connectivity index (χ3v) is 5.20. The first-order chi connectivity index (χ1) is 17.9. The van der Waals surface area contributed by atoms with Crippen molar-refractivity contribution in [3.05, 3.63) is 84.4 Å². The standard InChI is InChI=1S/C13H16N4O3.C11H11N3O3/c1-16(20-3)13(18)12(19-2)10-4-6-11(7-5-10)17-14-8-9-15-17;1-17-10(11(15)16)8-2-4-9(5-3-8)14-12-6-7-13-14/h4-9,12H,1-3H3;2-7,10H,1H3,(H,15,16). The smallest absolute Gasteiger partial charge is 0.337 e. The lowest BCUT2D eigenvalue weighted by Crippen LogP contribution is -2.31. The second-order valence-electron chi connectivity index (χ2n) is 7.41. The molecule has 0 saturated carbocycles. The highest BCUT2D eigenvalue weighted by atomic mass is 16.7. The van der Waals surface area contributed by atoms with Crippen LogP contribution >= 0.6 is 0 Å². The zero-order valence-corrected chi connectivity index (χ0v) is 20.7. The number of methoxy groups -OCH3 is 2. The number of benzene rings is 2. The van der Waals surface area contributed by atoms with Gasteiger partial charge in [0, 0.05) is 21.3 Å². The van der Waals surface area contributed by atoms with Gasteiger partial charge in [-0.3, -0.25) is 9.63 Å². The molecule has 2 unspecified atom stereocenters. The van der Waals surface area contributed by atoms with Crippen LogP contribution in [0.4, 0.5) is 0 Å². The van der Waals surface area contributed by atoms with Crippen molar-refractivity contribution >= 4 is 11.9 Å². The summed E-state index contributed by atoms with van der Waals surface area (Å²) in [6.07, 6.45) is 4.69. The first-order valence-corrected chi connectivity index (χ1v) is 10.9. The molecule has 1 N–H and O–H groups in total. The number of hydroxylamine groups is 2. The molecule has 2 aromatic carbocycles. The van der Waals surface area contributed by atoms with E-state index in [-0.39, 0.29) is 5.91 Å². The van der Waals surface area contributed by atoms with Crippen molar-refractivity contribution < 1.29 is 29.0 Å². The minimum Gasteiger partial charge on any atom is -0.479 e. The number of likely N-dealkylation sites (N-methyl/N-ethyl adjacent to an activating group) is 1. The first kappa shape index (κ1) is 27.1. The van der Waals surface area contributed by atoms with Crippen molar-refractivity contribution in [2.24, 2.45) is 0 Å². The molecule has 4 rings (SSSR count). The van der Waals surface area contributed by atoms with Gasteiger partial charge in [0.05, 0.1) is 43.3 Å². The first-order valence-electron chi connectivity index (χ1n) is 10.9. The van der Waals surface area contributed by atoms with E-state index in [1.54, 1.807) is 61.2 Å². The predicted molar refractivity (Wildman–Crippen MR) is 130 cm³/mol. The molecule has 2 heterocycles. The summed E-state index contributed by atoms with van der Waals surface area (Å²) in [6, 6.07) is 14.1. The Kier molecular flexibility index (Phi) is 9.55. The van der Waals surface area contributed by atoms with Crippen LogP contribution in [0.25, 0.3) is 11.4 Å². The second-order valence-corrected chi connectivity index (χ2v) is 7.41. The van der Waals surface area contributed by atoms with Crippen LogP contribution in [0.15, 0.2) is 73.3 Å². The fourth-order valence-electron chi connectivity index (χ4n) is 3.28. The highest BCUT2D eigenvalue weighted by Crippen LogP contribution is 2.21. The lowest BCUT2D eigenvalue weighted by Gasteiger charge is -2.21. The molecule has 1 amide bonds. The van der Waals surface area contributed by atoms with E-state index >= 15 is 0 Å². The van der Waals surface area contributed by atoms with Gasteiger partial charge in [-0.05, 0) is 35.4 Å². The van der Waals surface area contributed by atoms with Crippen LogP contribution in [0.2, 0.25) is 0 Å². The molecule has 0 fully saturated rings. The monoisotopic (exact) mass is 509 g/mol. The number of carboxylic acids is 1. The van der Waals surface area contributed by atoms with E-state index in [0.717, 1.165) is 22.0 Å². The number of ether oxygens (including phenoxy) is 2. The maximum Gasteiger partial charge on any atom is 0.337 e. The number of aliphatic carboxylic acids is 1. The third kappa shape index (κ3) is 6.82. The minimum absolute atomic E-state index is 0.278. The molecule has 0 radical (unpaired) electrons. The van der Waals surface area contributed by atoms with E-state index in [9.17, 15) is 9.59 Å². The predicted octanol–water partition coefficient (Wildman–Crippen LogP) is 2.01. The summed E-state index contributed by atoms with van der Waals surface area (Å²) in [5.41, 5.74) is 2.88. The Labute approximate surface area is 212 Å². The lowest BCUT2D eigenvalue weighted by molar-refractivity contribution is -0.179. The number of hydrogen-bond donors (Lipinski definition) is 1. The van der Waals surface area contributed by atoms with E-state index in [0.29, 0.717) is 5.56 Å². The van der Waals surface area contributed by atoms with Gasteiger partial charge in [0.15, 0.2) is 12.2 Å². The molecule has 0 aliphatic heterocycles. The molecule has 194 valence electrons. The highest BCUT2D eigenvalue weighted by Gasteiger charge is 2.24. The van der Waals surface area contributed by atoms with E-state index in [1.165, 1.54) is 38.0 Å². The maximum absolute atomic E-state index is 12.1. The molecule has 2 atom stereocenters. The number of carbonyl (C=O) groups excluding carboxylic acids is 1. The van der Waals surface area contributed by atoms with E-state index < -0.39 is 18.2 Å². The van der Waals surface area contributed by atoms with E-state index in [1.807, 2.05) is 12.1 Å². The van der Waals surface area contributed by atoms with E-state index in [2.05, 4.69) is 20.4 Å². The SMILES string of the molecule is COC(C(=O)N(C)OC)c1ccc(-n2nccn2)cc1.COC(C(=O)O)c1ccc(-n2nccn2)cc1. The van der Waals surface area contributed by atoms with Crippen LogP contribution in [0.3, 0.4) is 0 Å². The van der Waals surface area contributed by atoms with Gasteiger partial charge >= 0.3 is 5.97 Å². The molecule has 13 nitrogen and oxygen atoms in total. The Morgan fingerprint density at radius 3 is 1.43 bits per heavy atom. The second kappa shape index (κ2) is 13.0. The number of nitrogens with zero attached hydrogens (tertiary/aromatic N) is 7. The van der Waals surface area contributed by atoms with Crippen LogP contribution in [0, 0.1) is 0 Å². The number of rotatable bonds is 9. The Morgan fingerprint density at radius 1 is 0.730 bits per heavy atom. The fourth-order valence-corrected chi connectivity index (χ4v) is 3.28. The molecule has 4 aromatic rings. The number of aromatic nitrogens is 6. The van der Waals surface area contributed by atoms with Crippen LogP contribution in [-0.2, 0) is 23.9 Å². The topological polar surface area (TPSA) is 147 Å². The summed E-state index contributed by atoms with van der Waals surface area (Å²) >= 11 is 0. The molecule has 0 aliphatic carbocycles. The number of carbonyl (C=O) groups is 2.